The molecule has 0 bridgehead atoms. The number of nitrogens with one attached hydrogen (secondary N) is 1. The van der Waals surface area contributed by atoms with Crippen LogP contribution < -0.4 is 10.1 Å². The number of anilines is 1. The van der Waals surface area contributed by atoms with Gasteiger partial charge in [0, 0.05) is 12.5 Å². The molecule has 0 spiro atoms. The maximum absolute atomic E-state index is 12.6. The molecule has 0 aliphatic rings. The largest absolute Gasteiger partial charge is 0.573 e. The molecule has 2 aromatic rings. The van der Waals surface area contributed by atoms with Gasteiger partial charge in [0.05, 0.1) is 5.69 Å². The fourth-order valence-electron chi connectivity index (χ4n) is 1.90. The average Bonchev–Trinajstić information content (AvgIpc) is 2.39. The predicted molar refractivity (Wildman–Crippen MR) is 72.9 cm³/mol. The number of hydrogen-bond acceptors (Lipinski definition) is 2. The van der Waals surface area contributed by atoms with Gasteiger partial charge >= 0.3 is 6.36 Å². The van der Waals surface area contributed by atoms with Crippen LogP contribution in [0.1, 0.15) is 6.92 Å². The van der Waals surface area contributed by atoms with Gasteiger partial charge < -0.3 is 10.1 Å². The summed E-state index contributed by atoms with van der Waals surface area (Å²) in [6.07, 6.45) is -4.85. The number of ether oxygens (including phenoxy) is 1. The molecule has 2 aromatic carbocycles. The number of carbonyl (C=O) groups excluding carboxylic acids is 1. The topological polar surface area (TPSA) is 38.3 Å². The van der Waals surface area contributed by atoms with Gasteiger partial charge in [-0.3, -0.25) is 4.79 Å². The van der Waals surface area contributed by atoms with E-state index in [1.165, 1.54) is 19.1 Å². The van der Waals surface area contributed by atoms with E-state index in [9.17, 15) is 18.0 Å². The van der Waals surface area contributed by atoms with Crippen molar-refractivity contribution in [1.29, 1.82) is 0 Å². The summed E-state index contributed by atoms with van der Waals surface area (Å²) < 4.78 is 42.0. The first-order valence-corrected chi connectivity index (χ1v) is 6.08. The molecule has 0 radical (unpaired) electrons. The molecular formula is C15H12F3NO2. The van der Waals surface area contributed by atoms with Gasteiger partial charge in [-0.05, 0) is 11.6 Å². The summed E-state index contributed by atoms with van der Waals surface area (Å²) in [4.78, 5) is 11.1. The van der Waals surface area contributed by atoms with Gasteiger partial charge in [-0.15, -0.1) is 13.2 Å². The summed E-state index contributed by atoms with van der Waals surface area (Å²) in [5, 5.41) is 2.34. The van der Waals surface area contributed by atoms with E-state index in [1.807, 2.05) is 0 Å². The van der Waals surface area contributed by atoms with Crippen molar-refractivity contribution < 1.29 is 22.7 Å². The van der Waals surface area contributed by atoms with Crippen LogP contribution in [0.4, 0.5) is 18.9 Å². The third-order valence-corrected chi connectivity index (χ3v) is 2.63. The fourth-order valence-corrected chi connectivity index (χ4v) is 1.90. The highest BCUT2D eigenvalue weighted by Crippen LogP contribution is 2.39. The second-order valence-electron chi connectivity index (χ2n) is 4.28. The molecule has 0 atom stereocenters. The van der Waals surface area contributed by atoms with Crippen LogP contribution in [0.15, 0.2) is 48.5 Å². The zero-order chi connectivity index (χ0) is 15.5. The molecule has 0 heterocycles. The molecule has 0 unspecified atom stereocenters. The highest BCUT2D eigenvalue weighted by Gasteiger charge is 2.33. The monoisotopic (exact) mass is 295 g/mol. The minimum absolute atomic E-state index is 0.0267. The fraction of sp³-hybridized carbons (Fsp3) is 0.133. The van der Waals surface area contributed by atoms with E-state index in [0.29, 0.717) is 5.56 Å². The number of halogens is 3. The maximum Gasteiger partial charge on any atom is 0.573 e. The van der Waals surface area contributed by atoms with Crippen LogP contribution in [0.25, 0.3) is 11.1 Å². The average molecular weight is 295 g/mol. The zero-order valence-electron chi connectivity index (χ0n) is 11.1. The Kier molecular flexibility index (Phi) is 4.16. The number of benzene rings is 2. The maximum atomic E-state index is 12.6. The Labute approximate surface area is 119 Å². The van der Waals surface area contributed by atoms with E-state index >= 15 is 0 Å². The molecule has 1 amide bonds. The van der Waals surface area contributed by atoms with Crippen molar-refractivity contribution in [2.24, 2.45) is 0 Å². The van der Waals surface area contributed by atoms with Crippen LogP contribution >= 0.6 is 0 Å². The summed E-state index contributed by atoms with van der Waals surface area (Å²) in [6, 6.07) is 12.9. The van der Waals surface area contributed by atoms with Gasteiger partial charge in [0.1, 0.15) is 0 Å². The zero-order valence-corrected chi connectivity index (χ0v) is 11.1. The standard InChI is InChI=1S/C15H12F3NO2/c1-10(20)19-13-9-5-8-12(11-6-3-2-4-7-11)14(13)21-15(16,17)18/h2-9H,1H3,(H,19,20). The van der Waals surface area contributed by atoms with Crippen LogP contribution in [-0.4, -0.2) is 12.3 Å². The van der Waals surface area contributed by atoms with E-state index in [4.69, 9.17) is 0 Å². The van der Waals surface area contributed by atoms with E-state index in [-0.39, 0.29) is 11.3 Å². The Hall–Kier alpha value is -2.50. The summed E-state index contributed by atoms with van der Waals surface area (Å²) in [5.41, 5.74) is 0.782. The van der Waals surface area contributed by atoms with Gasteiger partial charge in [-0.1, -0.05) is 42.5 Å². The Balaban J connectivity index is 2.56. The van der Waals surface area contributed by atoms with Crippen molar-refractivity contribution in [2.45, 2.75) is 13.3 Å². The van der Waals surface area contributed by atoms with E-state index in [2.05, 4.69) is 10.1 Å². The van der Waals surface area contributed by atoms with Gasteiger partial charge in [0.15, 0.2) is 5.75 Å². The second-order valence-corrected chi connectivity index (χ2v) is 4.28. The molecule has 0 aliphatic carbocycles. The Morgan fingerprint density at radius 2 is 1.71 bits per heavy atom. The molecule has 0 aliphatic heterocycles. The minimum atomic E-state index is -4.85. The lowest BCUT2D eigenvalue weighted by atomic mass is 10.0. The summed E-state index contributed by atoms with van der Waals surface area (Å²) >= 11 is 0. The van der Waals surface area contributed by atoms with Gasteiger partial charge in [0.25, 0.3) is 0 Å². The Morgan fingerprint density at radius 3 is 2.29 bits per heavy atom. The molecule has 0 saturated heterocycles. The van der Waals surface area contributed by atoms with Crippen LogP contribution in [0.2, 0.25) is 0 Å². The van der Waals surface area contributed by atoms with Crippen molar-refractivity contribution >= 4 is 11.6 Å². The molecule has 1 N–H and O–H groups in total. The predicted octanol–water partition coefficient (Wildman–Crippen LogP) is 4.21. The quantitative estimate of drug-likeness (QED) is 0.921. The first-order chi connectivity index (χ1) is 9.87. The number of alkyl halides is 3. The summed E-state index contributed by atoms with van der Waals surface area (Å²) in [6.45, 7) is 1.21. The number of rotatable bonds is 3. The summed E-state index contributed by atoms with van der Waals surface area (Å²) in [5.74, 6) is -0.904. The smallest absolute Gasteiger partial charge is 0.403 e. The van der Waals surface area contributed by atoms with Crippen molar-refractivity contribution in [3.63, 3.8) is 0 Å². The van der Waals surface area contributed by atoms with Crippen LogP contribution in [-0.2, 0) is 4.79 Å². The molecule has 21 heavy (non-hydrogen) atoms. The van der Waals surface area contributed by atoms with E-state index in [1.54, 1.807) is 36.4 Å². The van der Waals surface area contributed by atoms with Gasteiger partial charge in [0.2, 0.25) is 5.91 Å². The van der Waals surface area contributed by atoms with Gasteiger partial charge in [-0.25, -0.2) is 0 Å². The number of para-hydroxylation sites is 1. The van der Waals surface area contributed by atoms with E-state index in [0.717, 1.165) is 0 Å². The second kappa shape index (κ2) is 5.87. The molecule has 3 nitrogen and oxygen atoms in total. The number of hydrogen-bond donors (Lipinski definition) is 1. The SMILES string of the molecule is CC(=O)Nc1cccc(-c2ccccc2)c1OC(F)(F)F. The van der Waals surface area contributed by atoms with Gasteiger partial charge in [-0.2, -0.15) is 0 Å². The molecule has 0 aromatic heterocycles. The van der Waals surface area contributed by atoms with Crippen molar-refractivity contribution in [2.75, 3.05) is 5.32 Å². The van der Waals surface area contributed by atoms with E-state index < -0.39 is 18.0 Å². The molecular weight excluding hydrogens is 283 g/mol. The molecule has 0 saturated carbocycles. The highest BCUT2D eigenvalue weighted by molar-refractivity contribution is 5.92. The van der Waals surface area contributed by atoms with Crippen molar-refractivity contribution in [3.05, 3.63) is 48.5 Å². The first kappa shape index (κ1) is 14.9. The van der Waals surface area contributed by atoms with Crippen LogP contribution in [0.3, 0.4) is 0 Å². The highest BCUT2D eigenvalue weighted by atomic mass is 19.4. The minimum Gasteiger partial charge on any atom is -0.403 e. The summed E-state index contributed by atoms with van der Waals surface area (Å²) in [7, 11) is 0. The van der Waals surface area contributed by atoms with Crippen molar-refractivity contribution in [1.82, 2.24) is 0 Å². The normalized spacial score (nSPS) is 11.0. The number of carbonyl (C=O) groups is 1. The third kappa shape index (κ3) is 3.98. The Bertz CT molecular complexity index is 639. The van der Waals surface area contributed by atoms with Crippen LogP contribution in [0, 0.1) is 0 Å². The van der Waals surface area contributed by atoms with Crippen molar-refractivity contribution in [3.8, 4) is 16.9 Å². The molecule has 2 rings (SSSR count). The van der Waals surface area contributed by atoms with Crippen LogP contribution in [0.5, 0.6) is 5.75 Å². The lowest BCUT2D eigenvalue weighted by Gasteiger charge is -2.17. The lowest BCUT2D eigenvalue weighted by molar-refractivity contribution is -0.274. The first-order valence-electron chi connectivity index (χ1n) is 6.08. The molecule has 6 heteroatoms. The Morgan fingerprint density at radius 1 is 1.05 bits per heavy atom. The molecule has 110 valence electrons. The number of amides is 1. The third-order valence-electron chi connectivity index (χ3n) is 2.63. The lowest BCUT2D eigenvalue weighted by Crippen LogP contribution is -2.19. The molecule has 0 fully saturated rings.